The third-order valence-corrected chi connectivity index (χ3v) is 3.70. The van der Waals surface area contributed by atoms with Gasteiger partial charge in [0.15, 0.2) is 0 Å². The van der Waals surface area contributed by atoms with Gasteiger partial charge in [-0.2, -0.15) is 0 Å². The van der Waals surface area contributed by atoms with E-state index in [0.29, 0.717) is 5.92 Å². The maximum absolute atomic E-state index is 9.64. The van der Waals surface area contributed by atoms with Crippen LogP contribution in [0.25, 0.3) is 0 Å². The van der Waals surface area contributed by atoms with Crippen LogP contribution in [0.2, 0.25) is 0 Å². The van der Waals surface area contributed by atoms with E-state index in [0.717, 1.165) is 6.42 Å². The monoisotopic (exact) mass is 236 g/mol. The molecule has 0 saturated carbocycles. The molecule has 1 rings (SSSR count). The van der Waals surface area contributed by atoms with Crippen molar-refractivity contribution in [3.8, 4) is 0 Å². The van der Waals surface area contributed by atoms with Crippen molar-refractivity contribution in [1.29, 1.82) is 0 Å². The summed E-state index contributed by atoms with van der Waals surface area (Å²) in [5.74, 6) is 0.447. The van der Waals surface area contributed by atoms with Crippen LogP contribution in [0.3, 0.4) is 0 Å². The number of aliphatic hydroxyl groups is 1. The van der Waals surface area contributed by atoms with E-state index in [9.17, 15) is 5.11 Å². The lowest BCUT2D eigenvalue weighted by atomic mass is 9.98. The summed E-state index contributed by atoms with van der Waals surface area (Å²) in [6.45, 7) is 3.74. The number of aliphatic hydroxyl groups excluding tert-OH is 1. The van der Waals surface area contributed by atoms with Gasteiger partial charge in [-0.15, -0.1) is 6.58 Å². The number of rotatable bonds is 10. The predicted octanol–water partition coefficient (Wildman–Crippen LogP) is 4.62. The molecule has 98 valence electrons. The van der Waals surface area contributed by atoms with Gasteiger partial charge in [0.25, 0.3) is 0 Å². The van der Waals surface area contributed by atoms with E-state index < -0.39 is 0 Å². The Morgan fingerprint density at radius 1 is 1.06 bits per heavy atom. The zero-order chi connectivity index (χ0) is 12.3. The minimum Gasteiger partial charge on any atom is -0.392 e. The fourth-order valence-electron chi connectivity index (χ4n) is 2.54. The third-order valence-electron chi connectivity index (χ3n) is 3.70. The second-order valence-electron chi connectivity index (χ2n) is 5.24. The van der Waals surface area contributed by atoms with E-state index in [-0.39, 0.29) is 6.10 Å². The van der Waals surface area contributed by atoms with Gasteiger partial charge in [-0.25, -0.2) is 0 Å². The van der Waals surface area contributed by atoms with E-state index in [1.54, 1.807) is 0 Å². The molecule has 0 spiro atoms. The molecule has 1 aliphatic carbocycles. The summed E-state index contributed by atoms with van der Waals surface area (Å²) in [6, 6.07) is 0. The van der Waals surface area contributed by atoms with Gasteiger partial charge in [-0.3, -0.25) is 0 Å². The van der Waals surface area contributed by atoms with Crippen LogP contribution in [0.15, 0.2) is 24.8 Å². The summed E-state index contributed by atoms with van der Waals surface area (Å²) in [5.41, 5.74) is 0. The van der Waals surface area contributed by atoms with Gasteiger partial charge >= 0.3 is 0 Å². The van der Waals surface area contributed by atoms with Crippen molar-refractivity contribution in [2.24, 2.45) is 5.92 Å². The predicted molar refractivity (Wildman–Crippen MR) is 75.0 cm³/mol. The second kappa shape index (κ2) is 9.47. The molecule has 0 heterocycles. The second-order valence-corrected chi connectivity index (χ2v) is 5.24. The fourth-order valence-corrected chi connectivity index (χ4v) is 2.54. The zero-order valence-electron chi connectivity index (χ0n) is 11.1. The molecule has 0 radical (unpaired) electrons. The molecular weight excluding hydrogens is 208 g/mol. The molecule has 0 aromatic carbocycles. The molecule has 0 bridgehead atoms. The molecule has 2 atom stereocenters. The summed E-state index contributed by atoms with van der Waals surface area (Å²) >= 11 is 0. The maximum Gasteiger partial charge on any atom is 0.0637 e. The number of hydrogen-bond donors (Lipinski definition) is 1. The highest BCUT2D eigenvalue weighted by molar-refractivity contribution is 5.01. The highest BCUT2D eigenvalue weighted by Crippen LogP contribution is 2.23. The molecular formula is C16H28O. The summed E-state index contributed by atoms with van der Waals surface area (Å²) < 4.78 is 0. The quantitative estimate of drug-likeness (QED) is 0.433. The van der Waals surface area contributed by atoms with Crippen LogP contribution >= 0.6 is 0 Å². The van der Waals surface area contributed by atoms with Crippen molar-refractivity contribution in [3.05, 3.63) is 24.8 Å². The highest BCUT2D eigenvalue weighted by Gasteiger charge is 2.18. The zero-order valence-corrected chi connectivity index (χ0v) is 11.1. The van der Waals surface area contributed by atoms with Crippen LogP contribution in [0.1, 0.15) is 64.2 Å². The Labute approximate surface area is 107 Å². The Morgan fingerprint density at radius 2 is 1.71 bits per heavy atom. The molecule has 0 unspecified atom stereocenters. The smallest absolute Gasteiger partial charge is 0.0637 e. The van der Waals surface area contributed by atoms with Crippen LogP contribution in [0, 0.1) is 5.92 Å². The van der Waals surface area contributed by atoms with Crippen molar-refractivity contribution < 1.29 is 5.11 Å². The van der Waals surface area contributed by atoms with E-state index in [4.69, 9.17) is 0 Å². The average molecular weight is 236 g/mol. The largest absolute Gasteiger partial charge is 0.392 e. The van der Waals surface area contributed by atoms with Gasteiger partial charge < -0.3 is 5.11 Å². The van der Waals surface area contributed by atoms with Crippen LogP contribution in [-0.2, 0) is 0 Å². The number of hydrogen-bond acceptors (Lipinski definition) is 1. The van der Waals surface area contributed by atoms with Crippen LogP contribution < -0.4 is 0 Å². The molecule has 0 aliphatic heterocycles. The van der Waals surface area contributed by atoms with Gasteiger partial charge in [-0.05, 0) is 25.7 Å². The first-order valence-electron chi connectivity index (χ1n) is 7.30. The van der Waals surface area contributed by atoms with Crippen molar-refractivity contribution in [2.75, 3.05) is 0 Å². The van der Waals surface area contributed by atoms with Gasteiger partial charge in [-0.1, -0.05) is 56.8 Å². The molecule has 1 heteroatoms. The van der Waals surface area contributed by atoms with Gasteiger partial charge in [0.1, 0.15) is 0 Å². The van der Waals surface area contributed by atoms with E-state index in [1.807, 2.05) is 6.08 Å². The normalized spacial score (nSPS) is 23.1. The molecule has 0 aromatic heterocycles. The van der Waals surface area contributed by atoms with Crippen molar-refractivity contribution in [1.82, 2.24) is 0 Å². The third kappa shape index (κ3) is 6.68. The topological polar surface area (TPSA) is 20.2 Å². The molecule has 0 amide bonds. The van der Waals surface area contributed by atoms with E-state index >= 15 is 0 Å². The van der Waals surface area contributed by atoms with E-state index in [1.165, 1.54) is 57.8 Å². The summed E-state index contributed by atoms with van der Waals surface area (Å²) in [5, 5.41) is 9.64. The lowest BCUT2D eigenvalue weighted by Crippen LogP contribution is -2.12. The Morgan fingerprint density at radius 3 is 2.29 bits per heavy atom. The highest BCUT2D eigenvalue weighted by atomic mass is 16.3. The molecule has 1 aliphatic rings. The summed E-state index contributed by atoms with van der Waals surface area (Å²) in [7, 11) is 0. The lowest BCUT2D eigenvalue weighted by Gasteiger charge is -2.12. The standard InChI is InChI=1S/C16H28O/c1-2-3-4-5-6-7-8-9-10-12-15-13-11-14-16(15)17/h2,11,13,15-17H,1,3-10,12,14H2/t15-,16-/m1/s1. The van der Waals surface area contributed by atoms with Crippen LogP contribution in [-0.4, -0.2) is 11.2 Å². The maximum atomic E-state index is 9.64. The van der Waals surface area contributed by atoms with Crippen LogP contribution in [0.4, 0.5) is 0 Å². The fraction of sp³-hybridized carbons (Fsp3) is 0.750. The molecule has 0 aromatic rings. The minimum absolute atomic E-state index is 0.0890. The average Bonchev–Trinajstić information content (AvgIpc) is 2.73. The first kappa shape index (κ1) is 14.5. The molecule has 0 fully saturated rings. The SMILES string of the molecule is C=CCCCCCCCCC[C@@H]1C=CC[C@H]1O. The number of unbranched alkanes of at least 4 members (excludes halogenated alkanes) is 7. The first-order chi connectivity index (χ1) is 8.34. The Bertz CT molecular complexity index is 220. The molecule has 0 saturated heterocycles. The minimum atomic E-state index is -0.0890. The summed E-state index contributed by atoms with van der Waals surface area (Å²) in [4.78, 5) is 0. The van der Waals surface area contributed by atoms with Gasteiger partial charge in [0.2, 0.25) is 0 Å². The van der Waals surface area contributed by atoms with E-state index in [2.05, 4.69) is 18.7 Å². The van der Waals surface area contributed by atoms with Crippen LogP contribution in [0.5, 0.6) is 0 Å². The molecule has 17 heavy (non-hydrogen) atoms. The van der Waals surface area contributed by atoms with Gasteiger partial charge in [0.05, 0.1) is 6.10 Å². The lowest BCUT2D eigenvalue weighted by molar-refractivity contribution is 0.137. The first-order valence-corrected chi connectivity index (χ1v) is 7.30. The van der Waals surface area contributed by atoms with Crippen molar-refractivity contribution >= 4 is 0 Å². The van der Waals surface area contributed by atoms with Crippen molar-refractivity contribution in [2.45, 2.75) is 70.3 Å². The summed E-state index contributed by atoms with van der Waals surface area (Å²) in [6.07, 6.45) is 18.8. The molecule has 1 nitrogen and oxygen atoms in total. The Kier molecular flexibility index (Phi) is 8.08. The molecule has 1 N–H and O–H groups in total. The Balaban J connectivity index is 1.81. The number of allylic oxidation sites excluding steroid dienone is 1. The van der Waals surface area contributed by atoms with Crippen molar-refractivity contribution in [3.63, 3.8) is 0 Å². The van der Waals surface area contributed by atoms with Gasteiger partial charge in [0, 0.05) is 5.92 Å². The Hall–Kier alpha value is -0.560.